The number of hydrogen-bond acceptors (Lipinski definition) is 1. The first-order valence-electron chi connectivity index (χ1n) is 5.85. The maximum atomic E-state index is 2.53. The fourth-order valence-corrected chi connectivity index (χ4v) is 2.68. The zero-order valence-corrected chi connectivity index (χ0v) is 10.3. The molecule has 82 valence electrons. The molecule has 1 aliphatic rings. The number of nitrogens with zero attached hydrogens (tertiary/aromatic N) is 1. The molecule has 1 aliphatic heterocycles. The second-order valence-corrected chi connectivity index (χ2v) is 5.35. The molecular formula is C14H21N. The van der Waals surface area contributed by atoms with Gasteiger partial charge in [-0.25, -0.2) is 0 Å². The lowest BCUT2D eigenvalue weighted by molar-refractivity contribution is 0.203. The number of likely N-dealkylation sites (N-methyl/N-ethyl adjacent to an activating group) is 1. The predicted molar refractivity (Wildman–Crippen MR) is 65.2 cm³/mol. The Kier molecular flexibility index (Phi) is 2.59. The van der Waals surface area contributed by atoms with Gasteiger partial charge in [-0.1, -0.05) is 44.5 Å². The summed E-state index contributed by atoms with van der Waals surface area (Å²) in [5.74, 6) is 0. The summed E-state index contributed by atoms with van der Waals surface area (Å²) in [5.41, 5.74) is 4.74. The summed E-state index contributed by atoms with van der Waals surface area (Å²) in [4.78, 5) is 2.53. The van der Waals surface area contributed by atoms with Crippen LogP contribution in [0.1, 0.15) is 37.5 Å². The molecule has 0 atom stereocenters. The van der Waals surface area contributed by atoms with Crippen LogP contribution in [0.5, 0.6) is 0 Å². The highest BCUT2D eigenvalue weighted by Crippen LogP contribution is 2.33. The van der Waals surface area contributed by atoms with Crippen LogP contribution < -0.4 is 0 Å². The van der Waals surface area contributed by atoms with Gasteiger partial charge in [0.25, 0.3) is 0 Å². The van der Waals surface area contributed by atoms with Crippen LogP contribution in [0.2, 0.25) is 0 Å². The number of rotatable bonds is 1. The summed E-state index contributed by atoms with van der Waals surface area (Å²) in [7, 11) is 0. The van der Waals surface area contributed by atoms with E-state index in [0.29, 0.717) is 5.41 Å². The van der Waals surface area contributed by atoms with Gasteiger partial charge in [0.05, 0.1) is 0 Å². The summed E-state index contributed by atoms with van der Waals surface area (Å²) in [6.45, 7) is 12.6. The standard InChI is InChI=1S/C14H21N/c1-5-15-9-12-8-11(2)6-7-13(12)14(3,4)10-15/h6-8H,5,9-10H2,1-4H3. The molecular weight excluding hydrogens is 182 g/mol. The van der Waals surface area contributed by atoms with E-state index in [9.17, 15) is 0 Å². The highest BCUT2D eigenvalue weighted by atomic mass is 15.1. The third-order valence-electron chi connectivity index (χ3n) is 3.45. The largest absolute Gasteiger partial charge is 0.298 e. The van der Waals surface area contributed by atoms with Gasteiger partial charge in [0, 0.05) is 18.5 Å². The minimum Gasteiger partial charge on any atom is -0.298 e. The molecule has 1 nitrogen and oxygen atoms in total. The molecule has 0 fully saturated rings. The smallest absolute Gasteiger partial charge is 0.0237 e. The zero-order valence-electron chi connectivity index (χ0n) is 10.3. The molecule has 0 N–H and O–H groups in total. The highest BCUT2D eigenvalue weighted by Gasteiger charge is 2.30. The van der Waals surface area contributed by atoms with Crippen LogP contribution in [0.15, 0.2) is 18.2 Å². The molecule has 15 heavy (non-hydrogen) atoms. The van der Waals surface area contributed by atoms with E-state index in [2.05, 4.69) is 50.8 Å². The van der Waals surface area contributed by atoms with Crippen molar-refractivity contribution < 1.29 is 0 Å². The van der Waals surface area contributed by atoms with E-state index in [-0.39, 0.29) is 0 Å². The summed E-state index contributed by atoms with van der Waals surface area (Å²) in [6.07, 6.45) is 0. The van der Waals surface area contributed by atoms with Gasteiger partial charge in [-0.05, 0) is 24.6 Å². The molecule has 0 radical (unpaired) electrons. The van der Waals surface area contributed by atoms with Crippen molar-refractivity contribution >= 4 is 0 Å². The van der Waals surface area contributed by atoms with Crippen molar-refractivity contribution in [1.29, 1.82) is 0 Å². The molecule has 0 aromatic heterocycles. The summed E-state index contributed by atoms with van der Waals surface area (Å²) in [6, 6.07) is 6.90. The first-order chi connectivity index (χ1) is 7.03. The fourth-order valence-electron chi connectivity index (χ4n) is 2.68. The summed E-state index contributed by atoms with van der Waals surface area (Å²) in [5, 5.41) is 0. The number of aryl methyl sites for hydroxylation is 1. The van der Waals surface area contributed by atoms with Crippen LogP contribution in [0.25, 0.3) is 0 Å². The molecule has 1 aromatic rings. The van der Waals surface area contributed by atoms with Crippen LogP contribution in [0, 0.1) is 6.92 Å². The Morgan fingerprint density at radius 1 is 1.33 bits per heavy atom. The molecule has 0 saturated heterocycles. The Hall–Kier alpha value is -0.820. The lowest BCUT2D eigenvalue weighted by Crippen LogP contribution is -2.41. The van der Waals surface area contributed by atoms with Gasteiger partial charge in [-0.15, -0.1) is 0 Å². The quantitative estimate of drug-likeness (QED) is 0.678. The summed E-state index contributed by atoms with van der Waals surface area (Å²) < 4.78 is 0. The van der Waals surface area contributed by atoms with Crippen molar-refractivity contribution in [1.82, 2.24) is 4.90 Å². The van der Waals surface area contributed by atoms with Crippen LogP contribution in [0.4, 0.5) is 0 Å². The van der Waals surface area contributed by atoms with Crippen molar-refractivity contribution in [2.45, 2.75) is 39.7 Å². The van der Waals surface area contributed by atoms with Crippen molar-refractivity contribution in [2.24, 2.45) is 0 Å². The molecule has 0 aliphatic carbocycles. The van der Waals surface area contributed by atoms with Gasteiger partial charge >= 0.3 is 0 Å². The summed E-state index contributed by atoms with van der Waals surface area (Å²) >= 11 is 0. The number of benzene rings is 1. The van der Waals surface area contributed by atoms with Crippen LogP contribution >= 0.6 is 0 Å². The maximum Gasteiger partial charge on any atom is 0.0237 e. The Bertz CT molecular complexity index is 366. The zero-order chi connectivity index (χ0) is 11.1. The third-order valence-corrected chi connectivity index (χ3v) is 3.45. The lowest BCUT2D eigenvalue weighted by Gasteiger charge is -2.39. The fraction of sp³-hybridized carbons (Fsp3) is 0.571. The van der Waals surface area contributed by atoms with E-state index in [1.807, 2.05) is 0 Å². The second kappa shape index (κ2) is 3.64. The molecule has 1 aromatic carbocycles. The Morgan fingerprint density at radius 3 is 2.73 bits per heavy atom. The molecule has 1 heterocycles. The number of hydrogen-bond donors (Lipinski definition) is 0. The SMILES string of the molecule is CCN1Cc2cc(C)ccc2C(C)(C)C1. The van der Waals surface area contributed by atoms with E-state index in [4.69, 9.17) is 0 Å². The third kappa shape index (κ3) is 1.93. The van der Waals surface area contributed by atoms with Gasteiger partial charge < -0.3 is 0 Å². The van der Waals surface area contributed by atoms with E-state index < -0.39 is 0 Å². The molecule has 2 rings (SSSR count). The molecule has 0 amide bonds. The first kappa shape index (κ1) is 10.7. The van der Waals surface area contributed by atoms with Crippen LogP contribution in [-0.2, 0) is 12.0 Å². The topological polar surface area (TPSA) is 3.24 Å². The lowest BCUT2D eigenvalue weighted by atomic mass is 9.78. The van der Waals surface area contributed by atoms with Gasteiger partial charge in [-0.3, -0.25) is 4.90 Å². The van der Waals surface area contributed by atoms with Crippen LogP contribution in [-0.4, -0.2) is 18.0 Å². The van der Waals surface area contributed by atoms with Crippen molar-refractivity contribution in [3.63, 3.8) is 0 Å². The molecule has 0 unspecified atom stereocenters. The minimum absolute atomic E-state index is 0.303. The van der Waals surface area contributed by atoms with Crippen molar-refractivity contribution in [3.05, 3.63) is 34.9 Å². The minimum atomic E-state index is 0.303. The van der Waals surface area contributed by atoms with Gasteiger partial charge in [0.2, 0.25) is 0 Å². The molecule has 1 heteroatoms. The maximum absolute atomic E-state index is 2.53. The van der Waals surface area contributed by atoms with E-state index in [1.165, 1.54) is 23.2 Å². The van der Waals surface area contributed by atoms with Gasteiger partial charge in [-0.2, -0.15) is 0 Å². The average Bonchev–Trinajstić information content (AvgIpc) is 2.15. The van der Waals surface area contributed by atoms with Crippen molar-refractivity contribution in [3.8, 4) is 0 Å². The van der Waals surface area contributed by atoms with E-state index >= 15 is 0 Å². The van der Waals surface area contributed by atoms with E-state index in [1.54, 1.807) is 0 Å². The normalized spacial score (nSPS) is 20.0. The second-order valence-electron chi connectivity index (χ2n) is 5.35. The Labute approximate surface area is 93.1 Å². The Balaban J connectivity index is 2.45. The van der Waals surface area contributed by atoms with E-state index in [0.717, 1.165) is 13.1 Å². The average molecular weight is 203 g/mol. The Morgan fingerprint density at radius 2 is 2.07 bits per heavy atom. The van der Waals surface area contributed by atoms with Crippen LogP contribution in [0.3, 0.4) is 0 Å². The predicted octanol–water partition coefficient (Wildman–Crippen LogP) is 3.11. The highest BCUT2D eigenvalue weighted by molar-refractivity contribution is 5.38. The first-order valence-corrected chi connectivity index (χ1v) is 5.85. The van der Waals surface area contributed by atoms with Crippen molar-refractivity contribution in [2.75, 3.05) is 13.1 Å². The monoisotopic (exact) mass is 203 g/mol. The molecule has 0 saturated carbocycles. The molecule has 0 bridgehead atoms. The number of fused-ring (bicyclic) bond motifs is 1. The van der Waals surface area contributed by atoms with Gasteiger partial charge in [0.1, 0.15) is 0 Å². The van der Waals surface area contributed by atoms with Gasteiger partial charge in [0.15, 0.2) is 0 Å². The molecule has 0 spiro atoms.